The number of hydrogen-bond donors (Lipinski definition) is 1. The molecule has 16 heavy (non-hydrogen) atoms. The molecule has 0 aliphatic carbocycles. The molecular weight excluding hydrogens is 226 g/mol. The molecule has 0 fully saturated rings. The summed E-state index contributed by atoms with van der Waals surface area (Å²) in [7, 11) is 1.68. The Morgan fingerprint density at radius 2 is 2.06 bits per heavy atom. The molecule has 1 aromatic rings. The molecule has 0 amide bonds. The number of nitrogens with one attached hydrogen (secondary N) is 1. The van der Waals surface area contributed by atoms with E-state index in [-0.39, 0.29) is 12.0 Å². The van der Waals surface area contributed by atoms with E-state index in [1.54, 1.807) is 13.2 Å². The lowest BCUT2D eigenvalue weighted by Gasteiger charge is -2.12. The van der Waals surface area contributed by atoms with Crippen LogP contribution in [0.2, 0.25) is 5.15 Å². The zero-order valence-electron chi connectivity index (χ0n) is 10.1. The Morgan fingerprint density at radius 3 is 2.62 bits per heavy atom. The molecule has 1 N–H and O–H groups in total. The topological polar surface area (TPSA) is 47.0 Å². The molecule has 1 atom stereocenters. The van der Waals surface area contributed by atoms with Gasteiger partial charge in [-0.25, -0.2) is 9.97 Å². The minimum absolute atomic E-state index is 0.135. The number of rotatable bonds is 5. The number of anilines is 1. The summed E-state index contributed by atoms with van der Waals surface area (Å²) in [5.41, 5.74) is 0. The number of nitrogens with zero attached hydrogens (tertiary/aromatic N) is 2. The van der Waals surface area contributed by atoms with Gasteiger partial charge in [-0.2, -0.15) is 0 Å². The normalized spacial score (nSPS) is 12.9. The smallest absolute Gasteiger partial charge is 0.135 e. The highest BCUT2D eigenvalue weighted by Gasteiger charge is 2.07. The van der Waals surface area contributed by atoms with Crippen molar-refractivity contribution >= 4 is 17.4 Å². The molecule has 0 bridgehead atoms. The van der Waals surface area contributed by atoms with Crippen LogP contribution in [-0.4, -0.2) is 29.7 Å². The SMILES string of the molecule is COC(C)CNc1cc(Cl)nc(C(C)C)n1. The van der Waals surface area contributed by atoms with Crippen LogP contribution in [0.15, 0.2) is 6.07 Å². The molecule has 4 nitrogen and oxygen atoms in total. The van der Waals surface area contributed by atoms with Gasteiger partial charge in [-0.05, 0) is 6.92 Å². The molecule has 1 aromatic heterocycles. The van der Waals surface area contributed by atoms with Gasteiger partial charge >= 0.3 is 0 Å². The largest absolute Gasteiger partial charge is 0.380 e. The second kappa shape index (κ2) is 6.01. The van der Waals surface area contributed by atoms with Gasteiger partial charge in [0, 0.05) is 25.6 Å². The Morgan fingerprint density at radius 1 is 1.38 bits per heavy atom. The quantitative estimate of drug-likeness (QED) is 0.808. The van der Waals surface area contributed by atoms with E-state index in [0.717, 1.165) is 11.6 Å². The first-order chi connectivity index (χ1) is 7.52. The third-order valence-corrected chi connectivity index (χ3v) is 2.40. The number of hydrogen-bond acceptors (Lipinski definition) is 4. The predicted octanol–water partition coefficient (Wildman–Crippen LogP) is 2.70. The van der Waals surface area contributed by atoms with Crippen LogP contribution < -0.4 is 5.32 Å². The average Bonchev–Trinajstić information content (AvgIpc) is 2.25. The Balaban J connectivity index is 2.72. The minimum atomic E-state index is 0.135. The molecule has 1 unspecified atom stereocenters. The van der Waals surface area contributed by atoms with E-state index in [9.17, 15) is 0 Å². The van der Waals surface area contributed by atoms with E-state index in [2.05, 4.69) is 15.3 Å². The molecule has 0 aromatic carbocycles. The fraction of sp³-hybridized carbons (Fsp3) is 0.636. The molecule has 0 radical (unpaired) electrons. The molecule has 0 saturated heterocycles. The molecule has 0 aliphatic heterocycles. The summed E-state index contributed by atoms with van der Waals surface area (Å²) in [6, 6.07) is 1.72. The van der Waals surface area contributed by atoms with E-state index in [1.165, 1.54) is 0 Å². The molecule has 0 spiro atoms. The van der Waals surface area contributed by atoms with Crippen LogP contribution in [0.3, 0.4) is 0 Å². The average molecular weight is 244 g/mol. The van der Waals surface area contributed by atoms with Gasteiger partial charge in [0.2, 0.25) is 0 Å². The molecular formula is C11H18ClN3O. The lowest BCUT2D eigenvalue weighted by atomic mass is 10.2. The lowest BCUT2D eigenvalue weighted by molar-refractivity contribution is 0.128. The van der Waals surface area contributed by atoms with Crippen molar-refractivity contribution in [3.8, 4) is 0 Å². The van der Waals surface area contributed by atoms with Crippen molar-refractivity contribution in [2.75, 3.05) is 19.0 Å². The molecule has 1 rings (SSSR count). The van der Waals surface area contributed by atoms with Gasteiger partial charge in [0.15, 0.2) is 0 Å². The maximum absolute atomic E-state index is 5.92. The van der Waals surface area contributed by atoms with Crippen LogP contribution in [-0.2, 0) is 4.74 Å². The van der Waals surface area contributed by atoms with E-state index < -0.39 is 0 Å². The van der Waals surface area contributed by atoms with Gasteiger partial charge in [0.05, 0.1) is 6.10 Å². The maximum Gasteiger partial charge on any atom is 0.135 e. The predicted molar refractivity (Wildman–Crippen MR) is 66.1 cm³/mol. The number of aromatic nitrogens is 2. The Hall–Kier alpha value is -0.870. The van der Waals surface area contributed by atoms with Gasteiger partial charge in [0.25, 0.3) is 0 Å². The van der Waals surface area contributed by atoms with E-state index in [4.69, 9.17) is 16.3 Å². The number of halogens is 1. The first-order valence-electron chi connectivity index (χ1n) is 5.34. The Kier molecular flexibility index (Phi) is 4.96. The first-order valence-corrected chi connectivity index (χ1v) is 5.72. The standard InChI is InChI=1S/C11H18ClN3O/c1-7(2)11-14-9(12)5-10(15-11)13-6-8(3)16-4/h5,7-8H,6H2,1-4H3,(H,13,14,15). The maximum atomic E-state index is 5.92. The summed E-state index contributed by atoms with van der Waals surface area (Å²) in [5, 5.41) is 3.64. The van der Waals surface area contributed by atoms with Crippen molar-refractivity contribution in [1.29, 1.82) is 0 Å². The van der Waals surface area contributed by atoms with Gasteiger partial charge in [0.1, 0.15) is 16.8 Å². The fourth-order valence-corrected chi connectivity index (χ4v) is 1.31. The van der Waals surface area contributed by atoms with Crippen LogP contribution in [0.4, 0.5) is 5.82 Å². The summed E-state index contributed by atoms with van der Waals surface area (Å²) >= 11 is 5.92. The lowest BCUT2D eigenvalue weighted by Crippen LogP contribution is -2.19. The Labute approximate surface area is 101 Å². The summed E-state index contributed by atoms with van der Waals surface area (Å²) in [6.07, 6.45) is 0.135. The first kappa shape index (κ1) is 13.2. The number of ether oxygens (including phenoxy) is 1. The summed E-state index contributed by atoms with van der Waals surface area (Å²) in [5.74, 6) is 1.76. The van der Waals surface area contributed by atoms with E-state index >= 15 is 0 Å². The van der Waals surface area contributed by atoms with Gasteiger partial charge in [-0.1, -0.05) is 25.4 Å². The zero-order chi connectivity index (χ0) is 12.1. The third kappa shape index (κ3) is 3.94. The van der Waals surface area contributed by atoms with Crippen molar-refractivity contribution in [3.63, 3.8) is 0 Å². The zero-order valence-corrected chi connectivity index (χ0v) is 10.9. The molecule has 1 heterocycles. The van der Waals surface area contributed by atoms with Crippen LogP contribution in [0, 0.1) is 0 Å². The monoisotopic (exact) mass is 243 g/mol. The minimum Gasteiger partial charge on any atom is -0.380 e. The van der Waals surface area contributed by atoms with Gasteiger partial charge in [-0.15, -0.1) is 0 Å². The van der Waals surface area contributed by atoms with E-state index in [1.807, 2.05) is 20.8 Å². The van der Waals surface area contributed by atoms with Crippen molar-refractivity contribution < 1.29 is 4.74 Å². The van der Waals surface area contributed by atoms with Crippen molar-refractivity contribution in [2.45, 2.75) is 32.8 Å². The van der Waals surface area contributed by atoms with Crippen LogP contribution >= 0.6 is 11.6 Å². The highest BCUT2D eigenvalue weighted by Crippen LogP contribution is 2.16. The van der Waals surface area contributed by atoms with Crippen molar-refractivity contribution in [3.05, 3.63) is 17.0 Å². The highest BCUT2D eigenvalue weighted by atomic mass is 35.5. The van der Waals surface area contributed by atoms with Crippen LogP contribution in [0.25, 0.3) is 0 Å². The molecule has 5 heteroatoms. The summed E-state index contributed by atoms with van der Waals surface area (Å²) in [6.45, 7) is 6.75. The molecule has 90 valence electrons. The summed E-state index contributed by atoms with van der Waals surface area (Å²) in [4.78, 5) is 8.54. The third-order valence-electron chi connectivity index (χ3n) is 2.20. The summed E-state index contributed by atoms with van der Waals surface area (Å²) < 4.78 is 5.14. The van der Waals surface area contributed by atoms with Gasteiger partial charge in [-0.3, -0.25) is 0 Å². The van der Waals surface area contributed by atoms with Crippen molar-refractivity contribution in [2.24, 2.45) is 0 Å². The number of methoxy groups -OCH3 is 1. The second-order valence-corrected chi connectivity index (χ2v) is 4.40. The molecule has 0 aliphatic rings. The second-order valence-electron chi connectivity index (χ2n) is 4.02. The highest BCUT2D eigenvalue weighted by molar-refractivity contribution is 6.29. The molecule has 0 saturated carbocycles. The van der Waals surface area contributed by atoms with Gasteiger partial charge < -0.3 is 10.1 Å². The van der Waals surface area contributed by atoms with Crippen LogP contribution in [0.5, 0.6) is 0 Å². The van der Waals surface area contributed by atoms with E-state index in [0.29, 0.717) is 11.7 Å². The fourth-order valence-electron chi connectivity index (χ4n) is 1.12. The van der Waals surface area contributed by atoms with Crippen LogP contribution in [0.1, 0.15) is 32.5 Å². The van der Waals surface area contributed by atoms with Crippen molar-refractivity contribution in [1.82, 2.24) is 9.97 Å². The Bertz CT molecular complexity index is 344.